The zero-order valence-corrected chi connectivity index (χ0v) is 2.51. The van der Waals surface area contributed by atoms with E-state index < -0.39 is 0 Å². The van der Waals surface area contributed by atoms with Crippen molar-refractivity contribution >= 4 is 0 Å². The van der Waals surface area contributed by atoms with Gasteiger partial charge in [0.05, 0.1) is 0 Å². The second kappa shape index (κ2) is 175. The Labute approximate surface area is 28.4 Å². The summed E-state index contributed by atoms with van der Waals surface area (Å²) in [7, 11) is 0. The van der Waals surface area contributed by atoms with Gasteiger partial charge in [0.1, 0.15) is 0 Å². The van der Waals surface area contributed by atoms with Gasteiger partial charge in [0.25, 0.3) is 0 Å². The minimum atomic E-state index is 0. The highest BCUT2D eigenvalue weighted by atomic mass is 16.6. The Morgan fingerprint density at radius 1 is 1.60 bits per heavy atom. The molecule has 5 nitrogen and oxygen atoms in total. The average molecular weight is 82.1 g/mol. The van der Waals surface area contributed by atoms with Gasteiger partial charge in [-0.2, -0.15) is 0 Å². The Morgan fingerprint density at radius 3 is 1.60 bits per heavy atom. The maximum Gasteiger partial charge on any atom is 0.152 e. The van der Waals surface area contributed by atoms with Gasteiger partial charge in [-0.25, -0.2) is 0 Å². The molecule has 6 N–H and O–H groups in total. The standard InChI is InChI=1S/HNO2.H3N.H2O/c2-1-3;;/h(H,2,3);1H3;1H2. The van der Waals surface area contributed by atoms with Gasteiger partial charge in [-0.05, 0) is 0 Å². The normalized spacial score (nSPS) is 2.40. The molecule has 5 heteroatoms. The first-order valence-corrected chi connectivity index (χ1v) is 0.383. The van der Waals surface area contributed by atoms with Crippen molar-refractivity contribution in [2.24, 2.45) is 5.34 Å². The molecule has 0 rings (SSSR count). The SMILES string of the molecule is N.O.O=NO. The number of rotatable bonds is 0. The minimum Gasteiger partial charge on any atom is -0.412 e. The lowest BCUT2D eigenvalue weighted by molar-refractivity contribution is 0.312. The molecule has 0 aromatic rings. The third-order valence-electron chi connectivity index (χ3n) is 0. The van der Waals surface area contributed by atoms with Gasteiger partial charge in [0.2, 0.25) is 0 Å². The maximum absolute atomic E-state index is 8.11. The summed E-state index contributed by atoms with van der Waals surface area (Å²) in [6.07, 6.45) is 0. The Hall–Kier alpha value is -0.680. The van der Waals surface area contributed by atoms with Gasteiger partial charge in [-0.15, -0.1) is 4.91 Å². The van der Waals surface area contributed by atoms with Crippen molar-refractivity contribution in [1.29, 1.82) is 0 Å². The number of nitrogens with zero attached hydrogens (tertiary/aromatic N) is 1. The van der Waals surface area contributed by atoms with E-state index in [1.807, 2.05) is 0 Å². The lowest BCUT2D eigenvalue weighted by Crippen LogP contribution is -1.25. The first-order valence-electron chi connectivity index (χ1n) is 0.383. The first-order chi connectivity index (χ1) is 1.41. The Bertz CT molecular complexity index is 12.4. The van der Waals surface area contributed by atoms with Crippen molar-refractivity contribution in [1.82, 2.24) is 6.15 Å². The van der Waals surface area contributed by atoms with E-state index >= 15 is 0 Å². The lowest BCUT2D eigenvalue weighted by atomic mass is 13.4. The summed E-state index contributed by atoms with van der Waals surface area (Å²) in [6.45, 7) is 0. The molecule has 0 aromatic carbocycles. The molecule has 34 valence electrons. The molecule has 0 saturated carbocycles. The van der Waals surface area contributed by atoms with E-state index in [-0.39, 0.29) is 11.6 Å². The van der Waals surface area contributed by atoms with E-state index in [4.69, 9.17) is 10.1 Å². The average Bonchev–Trinajstić information content (AvgIpc) is 0.918. The summed E-state index contributed by atoms with van der Waals surface area (Å²) in [5.74, 6) is 0. The first kappa shape index (κ1) is 27.3. The van der Waals surface area contributed by atoms with Gasteiger partial charge < -0.3 is 16.8 Å². The predicted octanol–water partition coefficient (Wildman–Crippen LogP) is -0.521. The highest BCUT2D eigenvalue weighted by molar-refractivity contribution is 3.83. The van der Waals surface area contributed by atoms with Crippen molar-refractivity contribution in [3.8, 4) is 0 Å². The fourth-order valence-electron chi connectivity index (χ4n) is 0. The summed E-state index contributed by atoms with van der Waals surface area (Å²) in [5.41, 5.74) is 0. The van der Waals surface area contributed by atoms with Gasteiger partial charge in [0, 0.05) is 0 Å². The van der Waals surface area contributed by atoms with Crippen molar-refractivity contribution in [3.05, 3.63) is 4.91 Å². The van der Waals surface area contributed by atoms with Crippen LogP contribution in [0.25, 0.3) is 0 Å². The summed E-state index contributed by atoms with van der Waals surface area (Å²) in [4.78, 5) is 8.11. The van der Waals surface area contributed by atoms with E-state index in [9.17, 15) is 0 Å². The zero-order chi connectivity index (χ0) is 2.71. The summed E-state index contributed by atoms with van der Waals surface area (Å²) in [6, 6.07) is 0. The maximum atomic E-state index is 8.11. The zero-order valence-electron chi connectivity index (χ0n) is 2.51. The van der Waals surface area contributed by atoms with Crippen LogP contribution in [0.5, 0.6) is 0 Å². The molecule has 0 radical (unpaired) electrons. The van der Waals surface area contributed by atoms with E-state index in [0.717, 1.165) is 0 Å². The van der Waals surface area contributed by atoms with Crippen LogP contribution < -0.4 is 6.15 Å². The van der Waals surface area contributed by atoms with Crippen LogP contribution in [-0.2, 0) is 0 Å². The van der Waals surface area contributed by atoms with Crippen molar-refractivity contribution in [2.75, 3.05) is 0 Å². The third-order valence-corrected chi connectivity index (χ3v) is 0. The topological polar surface area (TPSA) is 116 Å². The van der Waals surface area contributed by atoms with E-state index in [1.54, 1.807) is 0 Å². The molecule has 0 atom stereocenters. The highest BCUT2D eigenvalue weighted by Gasteiger charge is 1.18. The highest BCUT2D eigenvalue weighted by Crippen LogP contribution is 1.25. The molecule has 0 aliphatic carbocycles. The second-order valence-corrected chi connectivity index (χ2v) is 0.0816. The van der Waals surface area contributed by atoms with Crippen LogP contribution in [0.4, 0.5) is 0 Å². The molecule has 0 amide bonds. The van der Waals surface area contributed by atoms with Crippen LogP contribution in [0.15, 0.2) is 5.34 Å². The van der Waals surface area contributed by atoms with Gasteiger partial charge >= 0.3 is 0 Å². The van der Waals surface area contributed by atoms with E-state index in [2.05, 4.69) is 0 Å². The molecule has 0 fully saturated rings. The van der Waals surface area contributed by atoms with E-state index in [1.165, 1.54) is 5.34 Å². The quantitative estimate of drug-likeness (QED) is 0.302. The fourth-order valence-corrected chi connectivity index (χ4v) is 0. The van der Waals surface area contributed by atoms with Crippen molar-refractivity contribution in [3.63, 3.8) is 0 Å². The Balaban J connectivity index is -0.0000000200. The van der Waals surface area contributed by atoms with Crippen LogP contribution in [0.3, 0.4) is 0 Å². The summed E-state index contributed by atoms with van der Waals surface area (Å²) < 4.78 is 0. The molecule has 0 aliphatic rings. The molecule has 0 spiro atoms. The molecule has 0 bridgehead atoms. The van der Waals surface area contributed by atoms with E-state index in [0.29, 0.717) is 0 Å². The monoisotopic (exact) mass is 82.0 g/mol. The molecule has 0 aromatic heterocycles. The molecule has 0 heterocycles. The van der Waals surface area contributed by atoms with Crippen LogP contribution in [0.2, 0.25) is 0 Å². The molecule has 0 saturated heterocycles. The minimum absolute atomic E-state index is 0. The summed E-state index contributed by atoms with van der Waals surface area (Å²) >= 11 is 0. The molecule has 0 unspecified atom stereocenters. The van der Waals surface area contributed by atoms with Crippen LogP contribution in [0.1, 0.15) is 0 Å². The van der Waals surface area contributed by atoms with Gasteiger partial charge in [-0.3, -0.25) is 0 Å². The molecule has 0 aliphatic heterocycles. The van der Waals surface area contributed by atoms with Crippen LogP contribution in [0, 0.1) is 4.91 Å². The second-order valence-electron chi connectivity index (χ2n) is 0.0816. The Kier molecular flexibility index (Phi) is 954. The predicted molar refractivity (Wildman–Crippen MR) is 16.2 cm³/mol. The molecular weight excluding hydrogens is 76.0 g/mol. The Morgan fingerprint density at radius 2 is 1.60 bits per heavy atom. The van der Waals surface area contributed by atoms with Crippen molar-refractivity contribution in [2.45, 2.75) is 0 Å². The fraction of sp³-hybridized carbons (Fsp3) is 0. The third kappa shape index (κ3) is 12.5. The van der Waals surface area contributed by atoms with Gasteiger partial charge in [0.15, 0.2) is 5.34 Å². The van der Waals surface area contributed by atoms with Crippen molar-refractivity contribution < 1.29 is 10.7 Å². The lowest BCUT2D eigenvalue weighted by Gasteiger charge is -1.32. The number of hydrogen-bond acceptors (Lipinski definition) is 3. The van der Waals surface area contributed by atoms with Crippen LogP contribution in [-0.4, -0.2) is 10.7 Å². The molecular formula is H6N2O3. The van der Waals surface area contributed by atoms with Crippen LogP contribution >= 0.6 is 0 Å². The largest absolute Gasteiger partial charge is 0.412 e. The van der Waals surface area contributed by atoms with Gasteiger partial charge in [-0.1, -0.05) is 0 Å². The summed E-state index contributed by atoms with van der Waals surface area (Å²) in [5, 5.41) is 7.89. The smallest absolute Gasteiger partial charge is 0.152 e. The number of hydrogen-bond donors (Lipinski definition) is 2. The molecule has 5 heavy (non-hydrogen) atoms.